The standard InChI is InChI=1S/C23H15NO/c1-3-7-18(8-4-1)11-12-19-13-15-20(16-14-19)22-17-25-23(24-22)21-9-5-2-6-10-21/h1-10,13-17H. The average Bonchev–Trinajstić information content (AvgIpc) is 3.19. The second kappa shape index (κ2) is 6.90. The molecule has 0 spiro atoms. The van der Waals surface area contributed by atoms with Gasteiger partial charge in [-0.15, -0.1) is 0 Å². The van der Waals surface area contributed by atoms with Gasteiger partial charge in [-0.25, -0.2) is 4.98 Å². The van der Waals surface area contributed by atoms with E-state index in [2.05, 4.69) is 16.8 Å². The Morgan fingerprint density at radius 1 is 0.600 bits per heavy atom. The highest BCUT2D eigenvalue weighted by Gasteiger charge is 2.07. The molecule has 0 amide bonds. The molecule has 118 valence electrons. The highest BCUT2D eigenvalue weighted by molar-refractivity contribution is 5.63. The van der Waals surface area contributed by atoms with Gasteiger partial charge in [0.2, 0.25) is 5.89 Å². The molecule has 0 unspecified atom stereocenters. The first-order valence-corrected chi connectivity index (χ1v) is 8.07. The second-order valence-electron chi connectivity index (χ2n) is 5.60. The summed E-state index contributed by atoms with van der Waals surface area (Å²) in [7, 11) is 0. The van der Waals surface area contributed by atoms with Gasteiger partial charge in [0.1, 0.15) is 12.0 Å². The second-order valence-corrected chi connectivity index (χ2v) is 5.60. The molecule has 0 saturated heterocycles. The van der Waals surface area contributed by atoms with Crippen molar-refractivity contribution in [3.05, 3.63) is 102 Å². The van der Waals surface area contributed by atoms with Crippen LogP contribution >= 0.6 is 0 Å². The summed E-state index contributed by atoms with van der Waals surface area (Å²) in [5.74, 6) is 6.97. The van der Waals surface area contributed by atoms with Crippen LogP contribution in [0, 0.1) is 11.8 Å². The summed E-state index contributed by atoms with van der Waals surface area (Å²) in [5.41, 5.74) is 4.78. The normalized spacial score (nSPS) is 10.1. The quantitative estimate of drug-likeness (QED) is 0.461. The van der Waals surface area contributed by atoms with Crippen LogP contribution in [0.2, 0.25) is 0 Å². The predicted octanol–water partition coefficient (Wildman–Crippen LogP) is 5.41. The smallest absolute Gasteiger partial charge is 0.226 e. The maximum absolute atomic E-state index is 5.60. The zero-order valence-corrected chi connectivity index (χ0v) is 13.5. The number of hydrogen-bond donors (Lipinski definition) is 0. The van der Waals surface area contributed by atoms with Gasteiger partial charge in [0, 0.05) is 22.3 Å². The van der Waals surface area contributed by atoms with Gasteiger partial charge in [0.25, 0.3) is 0 Å². The molecule has 0 aliphatic heterocycles. The van der Waals surface area contributed by atoms with Gasteiger partial charge in [0.05, 0.1) is 0 Å². The Bertz CT molecular complexity index is 1020. The third-order valence-electron chi connectivity index (χ3n) is 3.83. The average molecular weight is 321 g/mol. The van der Waals surface area contributed by atoms with Gasteiger partial charge >= 0.3 is 0 Å². The van der Waals surface area contributed by atoms with E-state index in [-0.39, 0.29) is 0 Å². The van der Waals surface area contributed by atoms with Crippen molar-refractivity contribution in [2.75, 3.05) is 0 Å². The lowest BCUT2D eigenvalue weighted by Crippen LogP contribution is -1.81. The lowest BCUT2D eigenvalue weighted by Gasteiger charge is -1.96. The molecule has 0 aliphatic rings. The molecular formula is C23H15NO. The highest BCUT2D eigenvalue weighted by Crippen LogP contribution is 2.24. The van der Waals surface area contributed by atoms with E-state index in [1.54, 1.807) is 6.26 Å². The molecule has 0 fully saturated rings. The van der Waals surface area contributed by atoms with Crippen molar-refractivity contribution >= 4 is 0 Å². The molecule has 2 nitrogen and oxygen atoms in total. The summed E-state index contributed by atoms with van der Waals surface area (Å²) < 4.78 is 5.60. The third-order valence-corrected chi connectivity index (χ3v) is 3.83. The van der Waals surface area contributed by atoms with Crippen molar-refractivity contribution < 1.29 is 4.42 Å². The van der Waals surface area contributed by atoms with Crippen molar-refractivity contribution in [1.82, 2.24) is 4.98 Å². The van der Waals surface area contributed by atoms with Crippen molar-refractivity contribution in [3.63, 3.8) is 0 Å². The van der Waals surface area contributed by atoms with E-state index in [9.17, 15) is 0 Å². The number of aromatic nitrogens is 1. The topological polar surface area (TPSA) is 26.0 Å². The molecule has 1 aromatic heterocycles. The largest absolute Gasteiger partial charge is 0.444 e. The lowest BCUT2D eigenvalue weighted by molar-refractivity contribution is 0.575. The van der Waals surface area contributed by atoms with E-state index in [1.165, 1.54) is 0 Å². The molecule has 0 bridgehead atoms. The van der Waals surface area contributed by atoms with Crippen LogP contribution in [-0.4, -0.2) is 4.98 Å². The van der Waals surface area contributed by atoms with E-state index < -0.39 is 0 Å². The Morgan fingerprint density at radius 2 is 1.20 bits per heavy atom. The Hall–Kier alpha value is -3.57. The van der Waals surface area contributed by atoms with Gasteiger partial charge < -0.3 is 4.42 Å². The maximum atomic E-state index is 5.60. The van der Waals surface area contributed by atoms with Crippen molar-refractivity contribution in [2.45, 2.75) is 0 Å². The molecule has 0 saturated carbocycles. The first kappa shape index (κ1) is 15.0. The van der Waals surface area contributed by atoms with Gasteiger partial charge in [-0.05, 0) is 36.4 Å². The third kappa shape index (κ3) is 3.52. The number of rotatable bonds is 2. The summed E-state index contributed by atoms with van der Waals surface area (Å²) in [6.45, 7) is 0. The van der Waals surface area contributed by atoms with Crippen molar-refractivity contribution in [1.29, 1.82) is 0 Å². The van der Waals surface area contributed by atoms with E-state index in [1.807, 2.05) is 84.9 Å². The van der Waals surface area contributed by atoms with E-state index in [0.29, 0.717) is 5.89 Å². The molecule has 0 aliphatic carbocycles. The summed E-state index contributed by atoms with van der Waals surface area (Å²) >= 11 is 0. The highest BCUT2D eigenvalue weighted by atomic mass is 16.3. The summed E-state index contributed by atoms with van der Waals surface area (Å²) in [4.78, 5) is 4.57. The lowest BCUT2D eigenvalue weighted by atomic mass is 10.1. The van der Waals surface area contributed by atoms with E-state index in [0.717, 1.165) is 27.9 Å². The van der Waals surface area contributed by atoms with Crippen LogP contribution in [0.25, 0.3) is 22.7 Å². The minimum atomic E-state index is 0.628. The molecule has 3 aromatic carbocycles. The molecule has 25 heavy (non-hydrogen) atoms. The molecular weight excluding hydrogens is 306 g/mol. The number of benzene rings is 3. The minimum Gasteiger partial charge on any atom is -0.444 e. The fourth-order valence-electron chi connectivity index (χ4n) is 2.51. The number of nitrogens with zero attached hydrogens (tertiary/aromatic N) is 1. The van der Waals surface area contributed by atoms with Crippen molar-refractivity contribution in [3.8, 4) is 34.6 Å². The predicted molar refractivity (Wildman–Crippen MR) is 99.8 cm³/mol. The van der Waals surface area contributed by atoms with Crippen LogP contribution in [0.1, 0.15) is 11.1 Å². The van der Waals surface area contributed by atoms with Crippen LogP contribution in [0.5, 0.6) is 0 Å². The fourth-order valence-corrected chi connectivity index (χ4v) is 2.51. The number of hydrogen-bond acceptors (Lipinski definition) is 2. The van der Waals surface area contributed by atoms with Gasteiger partial charge in [-0.2, -0.15) is 0 Å². The molecule has 4 aromatic rings. The van der Waals surface area contributed by atoms with Crippen LogP contribution in [0.15, 0.2) is 95.6 Å². The Balaban J connectivity index is 1.55. The molecule has 2 heteroatoms. The molecule has 0 radical (unpaired) electrons. The SMILES string of the molecule is C(#Cc1ccc(-c2coc(-c3ccccc3)n2)cc1)c1ccccc1. The van der Waals surface area contributed by atoms with Crippen LogP contribution in [0.4, 0.5) is 0 Å². The zero-order valence-electron chi connectivity index (χ0n) is 13.5. The Kier molecular flexibility index (Phi) is 4.14. The molecule has 0 atom stereocenters. The zero-order chi connectivity index (χ0) is 16.9. The summed E-state index contributed by atoms with van der Waals surface area (Å²) in [6, 6.07) is 27.9. The Labute approximate surface area is 146 Å². The Morgan fingerprint density at radius 3 is 1.88 bits per heavy atom. The van der Waals surface area contributed by atoms with Gasteiger partial charge in [-0.1, -0.05) is 60.4 Å². The van der Waals surface area contributed by atoms with Crippen LogP contribution in [0.3, 0.4) is 0 Å². The number of oxazole rings is 1. The first-order chi connectivity index (χ1) is 12.4. The summed E-state index contributed by atoms with van der Waals surface area (Å²) in [6.07, 6.45) is 1.69. The molecule has 4 rings (SSSR count). The van der Waals surface area contributed by atoms with E-state index >= 15 is 0 Å². The maximum Gasteiger partial charge on any atom is 0.226 e. The van der Waals surface area contributed by atoms with Crippen LogP contribution in [-0.2, 0) is 0 Å². The minimum absolute atomic E-state index is 0.628. The van der Waals surface area contributed by atoms with Crippen LogP contribution < -0.4 is 0 Å². The molecule has 1 heterocycles. The fraction of sp³-hybridized carbons (Fsp3) is 0. The van der Waals surface area contributed by atoms with E-state index in [4.69, 9.17) is 4.42 Å². The van der Waals surface area contributed by atoms with Crippen molar-refractivity contribution in [2.24, 2.45) is 0 Å². The van der Waals surface area contributed by atoms with Gasteiger partial charge in [-0.3, -0.25) is 0 Å². The first-order valence-electron chi connectivity index (χ1n) is 8.07. The van der Waals surface area contributed by atoms with Gasteiger partial charge in [0.15, 0.2) is 0 Å². The summed E-state index contributed by atoms with van der Waals surface area (Å²) in [5, 5.41) is 0. The monoisotopic (exact) mass is 321 g/mol. The molecule has 0 N–H and O–H groups in total.